The summed E-state index contributed by atoms with van der Waals surface area (Å²) in [4.78, 5) is 131. The molecule has 1 fully saturated rings. The molecule has 5 N–H and O–H groups in total. The lowest BCUT2D eigenvalue weighted by Gasteiger charge is -2.37. The lowest BCUT2D eigenvalue weighted by Crippen LogP contribution is -2.60. The van der Waals surface area contributed by atoms with Crippen LogP contribution >= 0.6 is 0 Å². The summed E-state index contributed by atoms with van der Waals surface area (Å²) in [5.74, 6) is -3.83. The highest BCUT2D eigenvalue weighted by Crippen LogP contribution is 2.35. The largest absolute Gasteiger partial charge is 0.489 e. The number of amides is 8. The number of rotatable bonds is 20. The number of ether oxygens (including phenoxy) is 3. The molecule has 500 valence electrons. The number of carbonyl (C=O) groups excluding carboxylic acids is 9. The third-order valence-electron chi connectivity index (χ3n) is 18.1. The predicted octanol–water partition coefficient (Wildman–Crippen LogP) is 9.57. The molecule has 4 aromatic carbocycles. The van der Waals surface area contributed by atoms with Gasteiger partial charge in [-0.15, -0.1) is 0 Å². The molecule has 1 unspecified atom stereocenters. The number of likely N-dealkylation sites (N-methyl/N-ethyl adjacent to an activating group) is 2. The third-order valence-corrected chi connectivity index (χ3v) is 18.1. The van der Waals surface area contributed by atoms with Crippen molar-refractivity contribution in [2.45, 2.75) is 207 Å². The third kappa shape index (κ3) is 18.4. The molecule has 4 aromatic rings. The quantitative estimate of drug-likeness (QED) is 0.0519. The van der Waals surface area contributed by atoms with E-state index in [1.807, 2.05) is 81.5 Å². The number of nitrogens with zero attached hydrogens (tertiary/aromatic N) is 3. The van der Waals surface area contributed by atoms with Crippen molar-refractivity contribution in [1.82, 2.24) is 41.3 Å². The van der Waals surface area contributed by atoms with Crippen LogP contribution in [0.4, 0.5) is 9.59 Å². The van der Waals surface area contributed by atoms with Gasteiger partial charge in [-0.1, -0.05) is 106 Å². The first kappa shape index (κ1) is 70.3. The van der Waals surface area contributed by atoms with Crippen molar-refractivity contribution in [1.29, 1.82) is 0 Å². The zero-order chi connectivity index (χ0) is 67.7. The number of hydrogen-bond acceptors (Lipinski definition) is 12. The number of fused-ring (bicyclic) bond motifs is 2. The second-order valence-corrected chi connectivity index (χ2v) is 28.5. The van der Waals surface area contributed by atoms with Crippen LogP contribution < -0.4 is 31.3 Å². The van der Waals surface area contributed by atoms with E-state index >= 15 is 0 Å². The van der Waals surface area contributed by atoms with Crippen LogP contribution in [0.3, 0.4) is 0 Å². The predicted molar refractivity (Wildman–Crippen MR) is 353 cm³/mol. The van der Waals surface area contributed by atoms with Crippen LogP contribution in [0.5, 0.6) is 5.75 Å². The van der Waals surface area contributed by atoms with Crippen molar-refractivity contribution in [3.63, 3.8) is 0 Å². The molecule has 0 saturated carbocycles. The first-order valence-corrected chi connectivity index (χ1v) is 32.7. The van der Waals surface area contributed by atoms with Gasteiger partial charge in [0.05, 0.1) is 24.0 Å². The molecule has 0 radical (unpaired) electrons. The minimum atomic E-state index is -1.13. The van der Waals surface area contributed by atoms with Gasteiger partial charge >= 0.3 is 12.2 Å². The number of aryl methyl sites for hydroxylation is 2. The molecule has 0 spiro atoms. The zero-order valence-electron chi connectivity index (χ0n) is 56.4. The standard InChI is InChI=1S/C73H96N8O12/c1-44(79(12)69(89)92-72(6,7)8)63(83)77-59(61(82)55-28-18-19-29-56(55)66(86)75-57-30-20-24-48-22-14-16-26-53(48)57)40-46-34-38-52(39-35-46)91-43-47-32-36-50(37-33-47)65(85)74-51-41-60(67(87)76-58-31-21-25-49-23-15-17-27-54(49)58)81(42-51)68(88)62(71(3,4)5)78-64(84)45(2)80(13)70(90)93-73(9,10)11/h14-19,22-23,26-27,32-39,44-45,51,55-60,62H,20-21,24-25,28-31,40-43H2,1-13H3,(H,74,85)(H,75,86)(H,76,87)(H,77,83)(H,78,84)/t44-,45-,51-,55+,56+,57+,58+,59-,60-,62?/m0/s1. The molecule has 20 nitrogen and oxygen atoms in total. The molecule has 1 heterocycles. The summed E-state index contributed by atoms with van der Waals surface area (Å²) in [6.07, 6.45) is 8.45. The van der Waals surface area contributed by atoms with Crippen LogP contribution in [-0.2, 0) is 64.1 Å². The van der Waals surface area contributed by atoms with Gasteiger partial charge in [0.15, 0.2) is 5.78 Å². The molecule has 4 aliphatic rings. The maximum Gasteiger partial charge on any atom is 0.410 e. The van der Waals surface area contributed by atoms with Crippen molar-refractivity contribution in [2.75, 3.05) is 20.6 Å². The molecule has 93 heavy (non-hydrogen) atoms. The highest BCUT2D eigenvalue weighted by molar-refractivity contribution is 5.98. The first-order valence-electron chi connectivity index (χ1n) is 32.7. The lowest BCUT2D eigenvalue weighted by atomic mass is 9.76. The summed E-state index contributed by atoms with van der Waals surface area (Å²) >= 11 is 0. The molecule has 3 aliphatic carbocycles. The van der Waals surface area contributed by atoms with E-state index < -0.39 is 101 Å². The summed E-state index contributed by atoms with van der Waals surface area (Å²) in [7, 11) is 2.92. The molecular formula is C73H96N8O12. The molecule has 1 aliphatic heterocycles. The fourth-order valence-electron chi connectivity index (χ4n) is 12.5. The number of ketones is 1. The van der Waals surface area contributed by atoms with Gasteiger partial charge in [-0.25, -0.2) is 9.59 Å². The van der Waals surface area contributed by atoms with E-state index in [0.29, 0.717) is 36.1 Å². The van der Waals surface area contributed by atoms with Crippen LogP contribution in [0.25, 0.3) is 0 Å². The summed E-state index contributed by atoms with van der Waals surface area (Å²) in [5, 5.41) is 15.4. The number of Topliss-reactive ketones (excluding diaryl/α,β-unsaturated/α-hetero) is 1. The molecule has 1 saturated heterocycles. The Morgan fingerprint density at radius 1 is 0.591 bits per heavy atom. The molecule has 20 heteroatoms. The number of allylic oxidation sites excluding steroid dienone is 2. The Morgan fingerprint density at radius 3 is 1.61 bits per heavy atom. The Kier molecular flexibility index (Phi) is 22.7. The summed E-state index contributed by atoms with van der Waals surface area (Å²) in [6, 6.07) is 23.8. The SMILES string of the molecule is C[C@@H](C(=O)NC(C(=O)N1C[C@@H](NC(=O)c2ccc(COc3ccc(C[C@H](NC(=O)[C@H](C)N(C)C(=O)OC(C)(C)C)C(=O)[C@@H]4CC=CC[C@H]4C(=O)N[C@@H]4CCCc5ccccc54)cc3)cc2)C[C@H]1C(=O)N[C@@H]1CCCc2ccccc21)C(C)(C)C)N(C)C(=O)OC(C)(C)C. The lowest BCUT2D eigenvalue weighted by molar-refractivity contribution is -0.144. The van der Waals surface area contributed by atoms with Crippen molar-refractivity contribution in [2.24, 2.45) is 17.3 Å². The van der Waals surface area contributed by atoms with Gasteiger partial charge in [0.2, 0.25) is 29.5 Å². The Labute approximate surface area is 548 Å². The van der Waals surface area contributed by atoms with E-state index in [1.165, 1.54) is 34.4 Å². The van der Waals surface area contributed by atoms with E-state index in [0.717, 1.165) is 54.4 Å². The smallest absolute Gasteiger partial charge is 0.410 e. The second-order valence-electron chi connectivity index (χ2n) is 28.5. The number of hydrogen-bond donors (Lipinski definition) is 5. The minimum Gasteiger partial charge on any atom is -0.489 e. The van der Waals surface area contributed by atoms with E-state index in [2.05, 4.69) is 38.7 Å². The van der Waals surface area contributed by atoms with Gasteiger partial charge in [0.25, 0.3) is 5.91 Å². The fourth-order valence-corrected chi connectivity index (χ4v) is 12.5. The Morgan fingerprint density at radius 2 is 1.09 bits per heavy atom. The van der Waals surface area contributed by atoms with Gasteiger partial charge in [-0.2, -0.15) is 0 Å². The van der Waals surface area contributed by atoms with Crippen molar-refractivity contribution in [3.8, 4) is 5.75 Å². The fraction of sp³-hybridized carbons (Fsp3) is 0.521. The monoisotopic (exact) mass is 1280 g/mol. The average Bonchev–Trinajstić information content (AvgIpc) is 1.64. The Balaban J connectivity index is 0.928. The molecule has 8 amide bonds. The van der Waals surface area contributed by atoms with Crippen LogP contribution in [0, 0.1) is 17.3 Å². The molecule has 10 atom stereocenters. The second kappa shape index (κ2) is 30.0. The molecule has 8 rings (SSSR count). The van der Waals surface area contributed by atoms with Gasteiger partial charge in [-0.05, 0) is 183 Å². The van der Waals surface area contributed by atoms with Gasteiger partial charge in [-0.3, -0.25) is 43.4 Å². The summed E-state index contributed by atoms with van der Waals surface area (Å²) in [6.45, 7) is 19.0. The summed E-state index contributed by atoms with van der Waals surface area (Å²) < 4.78 is 17.2. The van der Waals surface area contributed by atoms with Crippen LogP contribution in [0.1, 0.15) is 177 Å². The normalized spacial score (nSPS) is 20.8. The molecular weight excluding hydrogens is 1180 g/mol. The van der Waals surface area contributed by atoms with E-state index in [9.17, 15) is 43.2 Å². The number of likely N-dealkylation sites (tertiary alicyclic amines) is 1. The molecule has 0 bridgehead atoms. The Hall–Kier alpha value is -8.55. The summed E-state index contributed by atoms with van der Waals surface area (Å²) in [5.41, 5.74) is 3.81. The van der Waals surface area contributed by atoms with Crippen molar-refractivity contribution < 1.29 is 57.4 Å². The van der Waals surface area contributed by atoms with Crippen molar-refractivity contribution in [3.05, 3.63) is 148 Å². The minimum absolute atomic E-state index is 0.0174. The van der Waals surface area contributed by atoms with E-state index in [4.69, 9.17) is 14.2 Å². The number of benzene rings is 4. The topological polar surface area (TPSA) is 251 Å². The van der Waals surface area contributed by atoms with Gasteiger partial charge < -0.3 is 45.7 Å². The zero-order valence-corrected chi connectivity index (χ0v) is 56.4. The van der Waals surface area contributed by atoms with Crippen LogP contribution in [0.15, 0.2) is 109 Å². The van der Waals surface area contributed by atoms with Crippen LogP contribution in [-0.4, -0.2) is 136 Å². The van der Waals surface area contributed by atoms with Gasteiger partial charge in [0.1, 0.15) is 47.7 Å². The first-order chi connectivity index (χ1) is 43.8. The average molecular weight is 1280 g/mol. The van der Waals surface area contributed by atoms with Crippen LogP contribution in [0.2, 0.25) is 0 Å². The Bertz CT molecular complexity index is 3400. The van der Waals surface area contributed by atoms with E-state index in [-0.39, 0.29) is 55.7 Å². The number of carbonyl (C=O) groups is 9. The maximum atomic E-state index is 15.0. The van der Waals surface area contributed by atoms with Gasteiger partial charge in [0, 0.05) is 38.2 Å². The maximum absolute atomic E-state index is 15.0. The molecule has 0 aromatic heterocycles. The highest BCUT2D eigenvalue weighted by atomic mass is 16.6. The highest BCUT2D eigenvalue weighted by Gasteiger charge is 2.47. The van der Waals surface area contributed by atoms with Crippen molar-refractivity contribution >= 4 is 53.4 Å². The number of nitrogens with one attached hydrogen (secondary N) is 5. The van der Waals surface area contributed by atoms with E-state index in [1.54, 1.807) is 91.8 Å².